The van der Waals surface area contributed by atoms with Crippen molar-refractivity contribution in [3.05, 3.63) is 23.9 Å². The van der Waals surface area contributed by atoms with Crippen molar-refractivity contribution in [3.63, 3.8) is 0 Å². The van der Waals surface area contributed by atoms with Gasteiger partial charge in [-0.05, 0) is 32.4 Å². The second kappa shape index (κ2) is 10.9. The minimum Gasteiger partial charge on any atom is -0.380 e. The summed E-state index contributed by atoms with van der Waals surface area (Å²) in [6, 6.07) is 4.16. The number of hydrogen-bond acceptors (Lipinski definition) is 5. The SMILES string of the molecule is CCNC(=NCc1ccc(N2CCOC(C)C2)nc1)NCCOCC. The third-order valence-corrected chi connectivity index (χ3v) is 3.88. The van der Waals surface area contributed by atoms with Crippen LogP contribution in [-0.4, -0.2) is 63.0 Å². The van der Waals surface area contributed by atoms with Crippen molar-refractivity contribution in [2.24, 2.45) is 4.99 Å². The zero-order chi connectivity index (χ0) is 17.9. The molecular formula is C18H31N5O2. The number of hydrogen-bond donors (Lipinski definition) is 2. The number of rotatable bonds is 8. The lowest BCUT2D eigenvalue weighted by Gasteiger charge is -2.32. The standard InChI is InChI=1S/C18H31N5O2/c1-4-19-18(20-8-10-24-5-2)22-13-16-6-7-17(21-12-16)23-9-11-25-15(3)14-23/h6-7,12,15H,4-5,8-11,13-14H2,1-3H3,(H2,19,20,22). The molecule has 1 fully saturated rings. The maximum Gasteiger partial charge on any atom is 0.191 e. The van der Waals surface area contributed by atoms with E-state index in [-0.39, 0.29) is 6.10 Å². The molecule has 0 radical (unpaired) electrons. The molecule has 1 unspecified atom stereocenters. The van der Waals surface area contributed by atoms with Gasteiger partial charge in [-0.1, -0.05) is 6.07 Å². The van der Waals surface area contributed by atoms with Crippen LogP contribution in [-0.2, 0) is 16.0 Å². The van der Waals surface area contributed by atoms with E-state index in [1.807, 2.05) is 13.1 Å². The van der Waals surface area contributed by atoms with Crippen LogP contribution in [0.3, 0.4) is 0 Å². The Balaban J connectivity index is 1.87. The summed E-state index contributed by atoms with van der Waals surface area (Å²) in [5.41, 5.74) is 1.09. The third-order valence-electron chi connectivity index (χ3n) is 3.88. The van der Waals surface area contributed by atoms with E-state index in [9.17, 15) is 0 Å². The van der Waals surface area contributed by atoms with Crippen molar-refractivity contribution in [2.75, 3.05) is 50.9 Å². The van der Waals surface area contributed by atoms with Crippen molar-refractivity contribution >= 4 is 11.8 Å². The van der Waals surface area contributed by atoms with Crippen molar-refractivity contribution in [3.8, 4) is 0 Å². The third kappa shape index (κ3) is 6.88. The van der Waals surface area contributed by atoms with E-state index < -0.39 is 0 Å². The van der Waals surface area contributed by atoms with Gasteiger partial charge in [-0.15, -0.1) is 0 Å². The number of ether oxygens (including phenoxy) is 2. The summed E-state index contributed by atoms with van der Waals surface area (Å²) >= 11 is 0. The van der Waals surface area contributed by atoms with Gasteiger partial charge in [0.25, 0.3) is 0 Å². The Kier molecular flexibility index (Phi) is 8.48. The topological polar surface area (TPSA) is 71.0 Å². The molecule has 2 N–H and O–H groups in total. The van der Waals surface area contributed by atoms with Gasteiger partial charge in [0, 0.05) is 39.0 Å². The number of aromatic nitrogens is 1. The number of morpholine rings is 1. The molecule has 1 saturated heterocycles. The number of anilines is 1. The van der Waals surface area contributed by atoms with E-state index in [1.165, 1.54) is 0 Å². The van der Waals surface area contributed by atoms with Crippen LogP contribution < -0.4 is 15.5 Å². The van der Waals surface area contributed by atoms with Gasteiger partial charge in [-0.25, -0.2) is 9.98 Å². The van der Waals surface area contributed by atoms with Crippen LogP contribution >= 0.6 is 0 Å². The first-order chi connectivity index (χ1) is 12.2. The predicted molar refractivity (Wildman–Crippen MR) is 101 cm³/mol. The molecule has 0 saturated carbocycles. The Morgan fingerprint density at radius 1 is 1.40 bits per heavy atom. The van der Waals surface area contributed by atoms with E-state index in [0.717, 1.165) is 56.7 Å². The Morgan fingerprint density at radius 2 is 2.28 bits per heavy atom. The van der Waals surface area contributed by atoms with Gasteiger partial charge < -0.3 is 25.0 Å². The summed E-state index contributed by atoms with van der Waals surface area (Å²) in [4.78, 5) is 11.5. The molecular weight excluding hydrogens is 318 g/mol. The summed E-state index contributed by atoms with van der Waals surface area (Å²) < 4.78 is 10.9. The fraction of sp³-hybridized carbons (Fsp3) is 0.667. The largest absolute Gasteiger partial charge is 0.380 e. The number of guanidine groups is 1. The summed E-state index contributed by atoms with van der Waals surface area (Å²) in [5, 5.41) is 6.50. The molecule has 7 heteroatoms. The van der Waals surface area contributed by atoms with Crippen LogP contribution in [0.5, 0.6) is 0 Å². The Labute approximate surface area is 150 Å². The fourth-order valence-electron chi connectivity index (χ4n) is 2.62. The van der Waals surface area contributed by atoms with Crippen LogP contribution in [0.2, 0.25) is 0 Å². The maximum atomic E-state index is 5.58. The quantitative estimate of drug-likeness (QED) is 0.420. The van der Waals surface area contributed by atoms with Crippen LogP contribution in [0.25, 0.3) is 0 Å². The molecule has 7 nitrogen and oxygen atoms in total. The molecule has 0 amide bonds. The van der Waals surface area contributed by atoms with Crippen LogP contribution in [0.1, 0.15) is 26.3 Å². The van der Waals surface area contributed by atoms with Gasteiger partial charge in [0.05, 0.1) is 25.9 Å². The molecule has 1 aliphatic heterocycles. The molecule has 0 bridgehead atoms. The number of aliphatic imine (C=N–C) groups is 1. The van der Waals surface area contributed by atoms with E-state index in [1.54, 1.807) is 0 Å². The first-order valence-corrected chi connectivity index (χ1v) is 9.14. The minimum absolute atomic E-state index is 0.255. The zero-order valence-electron chi connectivity index (χ0n) is 15.6. The Hall–Kier alpha value is -1.86. The Morgan fingerprint density at radius 3 is 2.96 bits per heavy atom. The highest BCUT2D eigenvalue weighted by molar-refractivity contribution is 5.79. The molecule has 1 aromatic rings. The van der Waals surface area contributed by atoms with Crippen LogP contribution in [0.4, 0.5) is 5.82 Å². The van der Waals surface area contributed by atoms with Crippen molar-refractivity contribution < 1.29 is 9.47 Å². The van der Waals surface area contributed by atoms with E-state index in [2.05, 4.69) is 51.5 Å². The number of nitrogens with zero attached hydrogens (tertiary/aromatic N) is 3. The predicted octanol–water partition coefficient (Wildman–Crippen LogP) is 1.40. The van der Waals surface area contributed by atoms with Gasteiger partial charge in [0.1, 0.15) is 5.82 Å². The monoisotopic (exact) mass is 349 g/mol. The second-order valence-electron chi connectivity index (χ2n) is 5.97. The normalized spacial score (nSPS) is 18.3. The first-order valence-electron chi connectivity index (χ1n) is 9.14. The molecule has 140 valence electrons. The molecule has 1 aliphatic rings. The second-order valence-corrected chi connectivity index (χ2v) is 5.97. The van der Waals surface area contributed by atoms with Crippen molar-refractivity contribution in [1.29, 1.82) is 0 Å². The molecule has 2 heterocycles. The maximum absolute atomic E-state index is 5.58. The summed E-state index contributed by atoms with van der Waals surface area (Å²) in [7, 11) is 0. The molecule has 1 aromatic heterocycles. The highest BCUT2D eigenvalue weighted by Gasteiger charge is 2.17. The van der Waals surface area contributed by atoms with E-state index in [0.29, 0.717) is 13.2 Å². The lowest BCUT2D eigenvalue weighted by molar-refractivity contribution is 0.0529. The highest BCUT2D eigenvalue weighted by Crippen LogP contribution is 2.15. The molecule has 0 spiro atoms. The minimum atomic E-state index is 0.255. The van der Waals surface area contributed by atoms with Gasteiger partial charge in [0.2, 0.25) is 0 Å². The van der Waals surface area contributed by atoms with E-state index in [4.69, 9.17) is 9.47 Å². The number of nitrogens with one attached hydrogen (secondary N) is 2. The Bertz CT molecular complexity index is 521. The molecule has 1 atom stereocenters. The highest BCUT2D eigenvalue weighted by atomic mass is 16.5. The van der Waals surface area contributed by atoms with E-state index >= 15 is 0 Å². The average Bonchev–Trinajstić information content (AvgIpc) is 2.63. The van der Waals surface area contributed by atoms with Crippen molar-refractivity contribution in [2.45, 2.75) is 33.4 Å². The van der Waals surface area contributed by atoms with Gasteiger partial charge in [-0.3, -0.25) is 0 Å². The molecule has 0 aliphatic carbocycles. The smallest absolute Gasteiger partial charge is 0.191 e. The average molecular weight is 349 g/mol. The molecule has 0 aromatic carbocycles. The number of pyridine rings is 1. The summed E-state index contributed by atoms with van der Waals surface area (Å²) in [6.45, 7) is 12.2. The zero-order valence-corrected chi connectivity index (χ0v) is 15.6. The summed E-state index contributed by atoms with van der Waals surface area (Å²) in [5.74, 6) is 1.80. The first kappa shape index (κ1) is 19.5. The lowest BCUT2D eigenvalue weighted by Crippen LogP contribution is -2.41. The summed E-state index contributed by atoms with van der Waals surface area (Å²) in [6.07, 6.45) is 2.16. The fourth-order valence-corrected chi connectivity index (χ4v) is 2.62. The van der Waals surface area contributed by atoms with Crippen molar-refractivity contribution in [1.82, 2.24) is 15.6 Å². The lowest BCUT2D eigenvalue weighted by atomic mass is 10.2. The van der Waals surface area contributed by atoms with Crippen LogP contribution in [0.15, 0.2) is 23.3 Å². The molecule has 2 rings (SSSR count). The van der Waals surface area contributed by atoms with Gasteiger partial charge >= 0.3 is 0 Å². The van der Waals surface area contributed by atoms with Gasteiger partial charge in [-0.2, -0.15) is 0 Å². The molecule has 25 heavy (non-hydrogen) atoms. The van der Waals surface area contributed by atoms with Crippen LogP contribution in [0, 0.1) is 0 Å². The van der Waals surface area contributed by atoms with Gasteiger partial charge in [0.15, 0.2) is 5.96 Å².